The number of hydrogen-bond donors (Lipinski definition) is 0. The molecule has 0 N–H and O–H groups in total. The molecule has 5 rings (SSSR count). The van der Waals surface area contributed by atoms with Gasteiger partial charge in [0.25, 0.3) is 0 Å². The van der Waals surface area contributed by atoms with Crippen LogP contribution in [0.3, 0.4) is 0 Å². The Labute approximate surface area is 160 Å². The van der Waals surface area contributed by atoms with Crippen molar-refractivity contribution in [2.24, 2.45) is 0 Å². The van der Waals surface area contributed by atoms with E-state index in [0.29, 0.717) is 5.92 Å². The maximum Gasteiger partial charge on any atom is 1.00 e. The molecule has 0 saturated heterocycles. The predicted molar refractivity (Wildman–Crippen MR) is 103 cm³/mol. The van der Waals surface area contributed by atoms with Crippen molar-refractivity contribution in [2.75, 3.05) is 0 Å². The minimum Gasteiger partial charge on any atom is -0.274 e. The normalized spacial score (nSPS) is 16.4. The second-order valence-corrected chi connectivity index (χ2v) is 6.50. The van der Waals surface area contributed by atoms with Gasteiger partial charge in [0.1, 0.15) is 0 Å². The van der Waals surface area contributed by atoms with Crippen LogP contribution in [0.4, 0.5) is 0 Å². The zero-order valence-electron chi connectivity index (χ0n) is 14.4. The summed E-state index contributed by atoms with van der Waals surface area (Å²) < 4.78 is 0. The van der Waals surface area contributed by atoms with Crippen LogP contribution in [-0.2, 0) is 0 Å². The van der Waals surface area contributed by atoms with Crippen molar-refractivity contribution in [3.63, 3.8) is 0 Å². The molecule has 0 radical (unpaired) electrons. The molecule has 0 aliphatic heterocycles. The van der Waals surface area contributed by atoms with Gasteiger partial charge in [-0.2, -0.15) is 6.08 Å². The van der Waals surface area contributed by atoms with Crippen molar-refractivity contribution in [1.29, 1.82) is 0 Å². The molecule has 25 heavy (non-hydrogen) atoms. The molecule has 1 aliphatic rings. The molecule has 0 amide bonds. The second kappa shape index (κ2) is 6.56. The van der Waals surface area contributed by atoms with Crippen LogP contribution in [0.5, 0.6) is 0 Å². The first-order chi connectivity index (χ1) is 11.9. The molecular weight excluding hydrogens is 295 g/mol. The van der Waals surface area contributed by atoms with Crippen molar-refractivity contribution in [2.45, 2.75) is 12.3 Å². The van der Waals surface area contributed by atoms with E-state index >= 15 is 0 Å². The second-order valence-electron chi connectivity index (χ2n) is 6.50. The molecule has 1 unspecified atom stereocenters. The molecule has 0 nitrogen and oxygen atoms in total. The Morgan fingerprint density at radius 3 is 2.32 bits per heavy atom. The van der Waals surface area contributed by atoms with Crippen LogP contribution in [0.2, 0.25) is 0 Å². The van der Waals surface area contributed by atoms with Crippen molar-refractivity contribution in [1.82, 2.24) is 0 Å². The average molecular weight is 312 g/mol. The number of fused-ring (bicyclic) bond motifs is 4. The van der Waals surface area contributed by atoms with Gasteiger partial charge in [0.15, 0.2) is 0 Å². The summed E-state index contributed by atoms with van der Waals surface area (Å²) in [4.78, 5) is 0. The standard InChI is InChI=1S/C24H17.Li/c1-2-7-17(8-3-1)22-12-6-11-18-13-14-21-15-19-9-4-5-10-20(19)16-23(21)24(18)22;/h1-2,4-7,9-17H,8H2;/q-1;+1. The third-order valence-corrected chi connectivity index (χ3v) is 5.05. The third kappa shape index (κ3) is 2.73. The Morgan fingerprint density at radius 1 is 0.760 bits per heavy atom. The molecule has 0 aromatic heterocycles. The smallest absolute Gasteiger partial charge is 0.274 e. The maximum absolute atomic E-state index is 3.36. The molecule has 0 fully saturated rings. The summed E-state index contributed by atoms with van der Waals surface area (Å²) in [5.41, 5.74) is 1.41. The summed E-state index contributed by atoms with van der Waals surface area (Å²) in [6.45, 7) is 0. The minimum atomic E-state index is 0. The van der Waals surface area contributed by atoms with Crippen LogP contribution in [0.1, 0.15) is 17.9 Å². The zero-order chi connectivity index (χ0) is 15.9. The Bertz CT molecular complexity index is 1130. The molecule has 0 bridgehead atoms. The monoisotopic (exact) mass is 312 g/mol. The average Bonchev–Trinajstić information content (AvgIpc) is 2.66. The van der Waals surface area contributed by atoms with Crippen molar-refractivity contribution < 1.29 is 18.9 Å². The molecule has 1 atom stereocenters. The van der Waals surface area contributed by atoms with E-state index in [0.717, 1.165) is 6.42 Å². The van der Waals surface area contributed by atoms with E-state index in [4.69, 9.17) is 0 Å². The van der Waals surface area contributed by atoms with Gasteiger partial charge in [0, 0.05) is 0 Å². The van der Waals surface area contributed by atoms with Gasteiger partial charge in [0.2, 0.25) is 0 Å². The van der Waals surface area contributed by atoms with Crippen molar-refractivity contribution in [3.8, 4) is 0 Å². The van der Waals surface area contributed by atoms with Gasteiger partial charge in [-0.25, -0.2) is 12.2 Å². The molecule has 0 heterocycles. The van der Waals surface area contributed by atoms with Crippen LogP contribution >= 0.6 is 0 Å². The zero-order valence-corrected chi connectivity index (χ0v) is 14.4. The number of benzene rings is 4. The number of rotatable bonds is 1. The maximum atomic E-state index is 3.36. The van der Waals surface area contributed by atoms with E-state index in [1.165, 1.54) is 37.9 Å². The summed E-state index contributed by atoms with van der Waals surface area (Å²) in [6, 6.07) is 24.4. The summed E-state index contributed by atoms with van der Waals surface area (Å²) in [7, 11) is 0. The van der Waals surface area contributed by atoms with Gasteiger partial charge >= 0.3 is 18.9 Å². The van der Waals surface area contributed by atoms with Gasteiger partial charge < -0.3 is 0 Å². The van der Waals surface area contributed by atoms with Gasteiger partial charge in [-0.15, -0.1) is 6.42 Å². The molecule has 1 aliphatic carbocycles. The quantitative estimate of drug-likeness (QED) is 0.218. The van der Waals surface area contributed by atoms with E-state index in [9.17, 15) is 0 Å². The molecule has 0 saturated carbocycles. The van der Waals surface area contributed by atoms with Gasteiger partial charge in [0.05, 0.1) is 0 Å². The fraction of sp³-hybridized carbons (Fsp3) is 0.0833. The SMILES string of the molecule is [C-]1=CC=CC(c2cccc3ccc4cc5ccccc5cc4c23)C1.[Li+]. The molecule has 4 aromatic rings. The van der Waals surface area contributed by atoms with Crippen LogP contribution in [0, 0.1) is 6.08 Å². The van der Waals surface area contributed by atoms with E-state index in [2.05, 4.69) is 85.0 Å². The van der Waals surface area contributed by atoms with Crippen molar-refractivity contribution >= 4 is 32.3 Å². The topological polar surface area (TPSA) is 0 Å². The molecule has 4 aromatic carbocycles. The Kier molecular flexibility index (Phi) is 4.26. The fourth-order valence-electron chi connectivity index (χ4n) is 3.87. The molecule has 1 heteroatoms. The molecular formula is C24H17Li. The summed E-state index contributed by atoms with van der Waals surface area (Å²) >= 11 is 0. The van der Waals surface area contributed by atoms with E-state index in [1.54, 1.807) is 0 Å². The van der Waals surface area contributed by atoms with Crippen LogP contribution < -0.4 is 18.9 Å². The van der Waals surface area contributed by atoms with Crippen LogP contribution in [-0.4, -0.2) is 0 Å². The predicted octanol–water partition coefficient (Wildman–Crippen LogP) is 3.55. The first-order valence-corrected chi connectivity index (χ1v) is 8.48. The third-order valence-electron chi connectivity index (χ3n) is 5.05. The van der Waals surface area contributed by atoms with E-state index < -0.39 is 0 Å². The van der Waals surface area contributed by atoms with Gasteiger partial charge in [-0.3, -0.25) is 6.08 Å². The molecule has 0 spiro atoms. The van der Waals surface area contributed by atoms with Crippen LogP contribution in [0.15, 0.2) is 85.0 Å². The largest absolute Gasteiger partial charge is 1.00 e. The van der Waals surface area contributed by atoms with Gasteiger partial charge in [-0.05, 0) is 55.9 Å². The fourth-order valence-corrected chi connectivity index (χ4v) is 3.87. The summed E-state index contributed by atoms with van der Waals surface area (Å²) in [5.74, 6) is 0.413. The van der Waals surface area contributed by atoms with E-state index in [-0.39, 0.29) is 18.9 Å². The minimum absolute atomic E-state index is 0. The van der Waals surface area contributed by atoms with Crippen molar-refractivity contribution in [3.05, 3.63) is 96.6 Å². The summed E-state index contributed by atoms with van der Waals surface area (Å²) in [5, 5.41) is 7.98. The first-order valence-electron chi connectivity index (χ1n) is 8.48. The van der Waals surface area contributed by atoms with Gasteiger partial charge in [-0.1, -0.05) is 54.6 Å². The van der Waals surface area contributed by atoms with Crippen LogP contribution in [0.25, 0.3) is 32.3 Å². The Morgan fingerprint density at radius 2 is 1.52 bits per heavy atom. The summed E-state index contributed by atoms with van der Waals surface area (Å²) in [6.07, 6.45) is 10.8. The van der Waals surface area contributed by atoms with E-state index in [1.807, 2.05) is 6.08 Å². The Balaban J connectivity index is 0.00000157. The first kappa shape index (κ1) is 16.2. The molecule has 114 valence electrons. The Hall–Kier alpha value is -2.26. The number of hydrogen-bond acceptors (Lipinski definition) is 0. The number of allylic oxidation sites excluding steroid dienone is 4.